The number of rotatable bonds is 5. The highest BCUT2D eigenvalue weighted by atomic mass is 32.1. The standard InChI is InChI=1S/C10H11F3N4O2S/c1-18-8-6-7(14-5-15-8)17(9(20)16-6)2-3-19-4-10(11,12)13/h5H,2-4H2,1H3,(H,16,20). The minimum atomic E-state index is -4.34. The number of aromatic amines is 1. The molecule has 10 heteroatoms. The van der Waals surface area contributed by atoms with Crippen LogP contribution in [0, 0.1) is 4.77 Å². The van der Waals surface area contributed by atoms with E-state index in [1.165, 1.54) is 18.0 Å². The Hall–Kier alpha value is -1.68. The quantitative estimate of drug-likeness (QED) is 0.677. The lowest BCUT2D eigenvalue weighted by atomic mass is 10.5. The Balaban J connectivity index is 2.14. The Bertz CT molecular complexity index is 652. The van der Waals surface area contributed by atoms with Gasteiger partial charge in [0, 0.05) is 0 Å². The van der Waals surface area contributed by atoms with Gasteiger partial charge in [-0.2, -0.15) is 18.2 Å². The number of imidazole rings is 1. The van der Waals surface area contributed by atoms with Crippen LogP contribution >= 0.6 is 12.2 Å². The summed E-state index contributed by atoms with van der Waals surface area (Å²) in [7, 11) is 1.45. The van der Waals surface area contributed by atoms with E-state index in [2.05, 4.69) is 19.7 Å². The SMILES string of the molecule is COc1ncnc2c1[nH]c(=S)n2CCOCC(F)(F)F. The molecule has 0 radical (unpaired) electrons. The van der Waals surface area contributed by atoms with Crippen LogP contribution in [0.1, 0.15) is 0 Å². The van der Waals surface area contributed by atoms with E-state index in [1.807, 2.05) is 0 Å². The van der Waals surface area contributed by atoms with Gasteiger partial charge in [0.15, 0.2) is 10.4 Å². The van der Waals surface area contributed by atoms with Crippen LogP contribution in [0.3, 0.4) is 0 Å². The molecule has 2 aromatic rings. The number of hydrogen-bond acceptors (Lipinski definition) is 5. The maximum Gasteiger partial charge on any atom is 0.411 e. The van der Waals surface area contributed by atoms with Crippen LogP contribution < -0.4 is 4.74 Å². The Morgan fingerprint density at radius 2 is 2.15 bits per heavy atom. The van der Waals surface area contributed by atoms with Crippen molar-refractivity contribution >= 4 is 23.4 Å². The second-order valence-corrected chi connectivity index (χ2v) is 4.22. The summed E-state index contributed by atoms with van der Waals surface area (Å²) in [5.41, 5.74) is 0.952. The number of methoxy groups -OCH3 is 1. The summed E-state index contributed by atoms with van der Waals surface area (Å²) in [4.78, 5) is 10.8. The molecule has 0 spiro atoms. The number of nitrogens with zero attached hydrogens (tertiary/aromatic N) is 3. The smallest absolute Gasteiger partial charge is 0.411 e. The molecule has 0 unspecified atom stereocenters. The molecule has 0 fully saturated rings. The third-order valence-corrected chi connectivity index (χ3v) is 2.77. The van der Waals surface area contributed by atoms with Gasteiger partial charge in [-0.1, -0.05) is 0 Å². The van der Waals surface area contributed by atoms with Gasteiger partial charge in [0.05, 0.1) is 20.3 Å². The monoisotopic (exact) mass is 308 g/mol. The van der Waals surface area contributed by atoms with E-state index < -0.39 is 12.8 Å². The maximum atomic E-state index is 12.0. The molecule has 0 aromatic carbocycles. The summed E-state index contributed by atoms with van der Waals surface area (Å²) in [5, 5.41) is 0. The zero-order valence-electron chi connectivity index (χ0n) is 10.4. The van der Waals surface area contributed by atoms with Crippen LogP contribution in [0.15, 0.2) is 6.33 Å². The second kappa shape index (κ2) is 5.75. The normalized spacial score (nSPS) is 12.0. The van der Waals surface area contributed by atoms with Crippen LogP contribution in [0.5, 0.6) is 5.88 Å². The van der Waals surface area contributed by atoms with Gasteiger partial charge in [0.1, 0.15) is 18.5 Å². The molecular weight excluding hydrogens is 297 g/mol. The van der Waals surface area contributed by atoms with Gasteiger partial charge in [-0.25, -0.2) is 4.98 Å². The zero-order chi connectivity index (χ0) is 14.8. The van der Waals surface area contributed by atoms with Gasteiger partial charge in [-0.15, -0.1) is 0 Å². The number of ether oxygens (including phenoxy) is 2. The number of halogens is 3. The summed E-state index contributed by atoms with van der Waals surface area (Å²) in [6.07, 6.45) is -3.05. The largest absolute Gasteiger partial charge is 0.479 e. The van der Waals surface area contributed by atoms with E-state index in [4.69, 9.17) is 17.0 Å². The molecule has 0 amide bonds. The van der Waals surface area contributed by atoms with Crippen molar-refractivity contribution in [1.29, 1.82) is 0 Å². The summed E-state index contributed by atoms with van der Waals surface area (Å²) in [5.74, 6) is 0.316. The summed E-state index contributed by atoms with van der Waals surface area (Å²) in [6.45, 7) is -1.27. The first kappa shape index (κ1) is 14.7. The van der Waals surface area contributed by atoms with Gasteiger partial charge < -0.3 is 14.5 Å². The minimum Gasteiger partial charge on any atom is -0.479 e. The van der Waals surface area contributed by atoms with E-state index in [1.54, 1.807) is 0 Å². The number of hydrogen-bond donors (Lipinski definition) is 1. The summed E-state index contributed by atoms with van der Waals surface area (Å²) >= 11 is 5.09. The first-order valence-electron chi connectivity index (χ1n) is 5.54. The van der Waals surface area contributed by atoms with Crippen LogP contribution in [0.2, 0.25) is 0 Å². The lowest BCUT2D eigenvalue weighted by Gasteiger charge is -2.08. The first-order valence-corrected chi connectivity index (χ1v) is 5.95. The minimum absolute atomic E-state index is 0.132. The van der Waals surface area contributed by atoms with Gasteiger partial charge in [-0.05, 0) is 12.2 Å². The van der Waals surface area contributed by atoms with Crippen molar-refractivity contribution in [2.75, 3.05) is 20.3 Å². The fraction of sp³-hybridized carbons (Fsp3) is 0.500. The molecule has 6 nitrogen and oxygen atoms in total. The lowest BCUT2D eigenvalue weighted by Crippen LogP contribution is -2.19. The fourth-order valence-electron chi connectivity index (χ4n) is 1.65. The topological polar surface area (TPSA) is 65.0 Å². The molecule has 1 N–H and O–H groups in total. The van der Waals surface area contributed by atoms with Crippen molar-refractivity contribution in [2.45, 2.75) is 12.7 Å². The van der Waals surface area contributed by atoms with Crippen LogP contribution in [-0.2, 0) is 11.3 Å². The van der Waals surface area contributed by atoms with E-state index in [0.29, 0.717) is 21.8 Å². The van der Waals surface area contributed by atoms with Gasteiger partial charge in [0.2, 0.25) is 5.88 Å². The van der Waals surface area contributed by atoms with E-state index >= 15 is 0 Å². The molecule has 2 rings (SSSR count). The number of fused-ring (bicyclic) bond motifs is 1. The summed E-state index contributed by atoms with van der Waals surface area (Å²) in [6, 6.07) is 0. The average Bonchev–Trinajstić information content (AvgIpc) is 2.69. The lowest BCUT2D eigenvalue weighted by molar-refractivity contribution is -0.174. The molecule has 0 aliphatic rings. The van der Waals surface area contributed by atoms with Gasteiger partial charge in [0.25, 0.3) is 0 Å². The van der Waals surface area contributed by atoms with Crippen molar-refractivity contribution in [3.05, 3.63) is 11.1 Å². The third kappa shape index (κ3) is 3.25. The first-order chi connectivity index (χ1) is 9.42. The molecule has 0 saturated carbocycles. The number of aromatic nitrogens is 4. The molecule has 0 bridgehead atoms. The molecule has 2 aromatic heterocycles. The van der Waals surface area contributed by atoms with Crippen LogP contribution in [-0.4, -0.2) is 46.0 Å². The molecule has 0 saturated heterocycles. The number of alkyl halides is 3. The van der Waals surface area contributed by atoms with Crippen molar-refractivity contribution in [1.82, 2.24) is 19.5 Å². The van der Waals surface area contributed by atoms with Crippen LogP contribution in [0.4, 0.5) is 13.2 Å². The molecule has 0 aliphatic heterocycles. The fourth-order valence-corrected chi connectivity index (χ4v) is 1.93. The maximum absolute atomic E-state index is 12.0. The van der Waals surface area contributed by atoms with Crippen LogP contribution in [0.25, 0.3) is 11.2 Å². The average molecular weight is 308 g/mol. The van der Waals surface area contributed by atoms with Crippen molar-refractivity contribution < 1.29 is 22.6 Å². The highest BCUT2D eigenvalue weighted by molar-refractivity contribution is 7.71. The highest BCUT2D eigenvalue weighted by Gasteiger charge is 2.27. The molecule has 110 valence electrons. The number of H-pyrrole nitrogens is 1. The van der Waals surface area contributed by atoms with Crippen molar-refractivity contribution in [2.24, 2.45) is 0 Å². The Labute approximate surface area is 116 Å². The van der Waals surface area contributed by atoms with E-state index in [9.17, 15) is 13.2 Å². The highest BCUT2D eigenvalue weighted by Crippen LogP contribution is 2.20. The summed E-state index contributed by atoms with van der Waals surface area (Å²) < 4.78 is 47.3. The predicted octanol–water partition coefficient (Wildman–Crippen LogP) is 2.08. The van der Waals surface area contributed by atoms with Gasteiger partial charge >= 0.3 is 6.18 Å². The zero-order valence-corrected chi connectivity index (χ0v) is 11.2. The third-order valence-electron chi connectivity index (χ3n) is 2.44. The van der Waals surface area contributed by atoms with E-state index in [0.717, 1.165) is 0 Å². The number of nitrogens with one attached hydrogen (secondary N) is 1. The van der Waals surface area contributed by atoms with Crippen molar-refractivity contribution in [3.8, 4) is 5.88 Å². The molecule has 0 aliphatic carbocycles. The Morgan fingerprint density at radius 1 is 1.40 bits per heavy atom. The Morgan fingerprint density at radius 3 is 2.80 bits per heavy atom. The second-order valence-electron chi connectivity index (χ2n) is 3.83. The predicted molar refractivity (Wildman–Crippen MR) is 66.1 cm³/mol. The molecule has 20 heavy (non-hydrogen) atoms. The van der Waals surface area contributed by atoms with E-state index in [-0.39, 0.29) is 13.2 Å². The molecular formula is C10H11F3N4O2S. The van der Waals surface area contributed by atoms with Crippen molar-refractivity contribution in [3.63, 3.8) is 0 Å². The molecule has 2 heterocycles. The molecule has 0 atom stereocenters. The van der Waals surface area contributed by atoms with Gasteiger partial charge in [-0.3, -0.25) is 4.57 Å². The Kier molecular flexibility index (Phi) is 4.23.